The SMILES string of the molecule is CCCCC(CC)COC(=O)c1ccc(C(=O)OCC(CC)CC(CC)c2ccccc2)cc1C(=O)c1ccccc1. The second-order valence-electron chi connectivity index (χ2n) is 11.1. The third-order valence-electron chi connectivity index (χ3n) is 8.16. The van der Waals surface area contributed by atoms with Crippen LogP contribution in [0.5, 0.6) is 0 Å². The number of hydrogen-bond acceptors (Lipinski definition) is 5. The van der Waals surface area contributed by atoms with E-state index in [1.165, 1.54) is 17.7 Å². The van der Waals surface area contributed by atoms with E-state index >= 15 is 0 Å². The number of unbranched alkanes of at least 4 members (excludes halogenated alkanes) is 1. The van der Waals surface area contributed by atoms with Crippen LogP contribution >= 0.6 is 0 Å². The molecule has 0 radical (unpaired) electrons. The summed E-state index contributed by atoms with van der Waals surface area (Å²) < 4.78 is 11.4. The summed E-state index contributed by atoms with van der Waals surface area (Å²) >= 11 is 0. The highest BCUT2D eigenvalue weighted by Gasteiger charge is 2.24. The van der Waals surface area contributed by atoms with Gasteiger partial charge in [0.25, 0.3) is 0 Å². The van der Waals surface area contributed by atoms with Gasteiger partial charge in [-0.15, -0.1) is 0 Å². The Morgan fingerprint density at radius 2 is 1.26 bits per heavy atom. The summed E-state index contributed by atoms with van der Waals surface area (Å²) in [4.78, 5) is 39.9. The fourth-order valence-corrected chi connectivity index (χ4v) is 5.25. The van der Waals surface area contributed by atoms with Crippen molar-refractivity contribution in [2.75, 3.05) is 13.2 Å². The molecule has 0 aliphatic rings. The lowest BCUT2D eigenvalue weighted by molar-refractivity contribution is 0.0411. The summed E-state index contributed by atoms with van der Waals surface area (Å²) in [5.41, 5.74) is 2.27. The van der Waals surface area contributed by atoms with Crippen molar-refractivity contribution >= 4 is 17.7 Å². The van der Waals surface area contributed by atoms with E-state index in [-0.39, 0.29) is 34.3 Å². The molecule has 0 aromatic heterocycles. The molecule has 0 amide bonds. The lowest BCUT2D eigenvalue weighted by atomic mass is 9.86. The second kappa shape index (κ2) is 17.3. The Morgan fingerprint density at radius 1 is 0.643 bits per heavy atom. The number of ketones is 1. The minimum Gasteiger partial charge on any atom is -0.462 e. The van der Waals surface area contributed by atoms with Crippen LogP contribution in [0.15, 0.2) is 78.9 Å². The Hall–Kier alpha value is -3.73. The first-order valence-corrected chi connectivity index (χ1v) is 15.5. The van der Waals surface area contributed by atoms with Crippen molar-refractivity contribution in [3.8, 4) is 0 Å². The number of carbonyl (C=O) groups excluding carboxylic acids is 3. The van der Waals surface area contributed by atoms with Crippen LogP contribution in [0.3, 0.4) is 0 Å². The predicted molar refractivity (Wildman–Crippen MR) is 168 cm³/mol. The summed E-state index contributed by atoms with van der Waals surface area (Å²) in [6.07, 6.45) is 6.88. The molecule has 0 fully saturated rings. The fraction of sp³-hybridized carbons (Fsp3) is 0.432. The zero-order chi connectivity index (χ0) is 30.3. The van der Waals surface area contributed by atoms with Gasteiger partial charge in [0.2, 0.25) is 0 Å². The largest absolute Gasteiger partial charge is 0.462 e. The lowest BCUT2D eigenvalue weighted by Crippen LogP contribution is -2.19. The normalized spacial score (nSPS) is 13.1. The molecule has 0 heterocycles. The number of ether oxygens (including phenoxy) is 2. The first kappa shape index (κ1) is 32.8. The molecule has 5 nitrogen and oxygen atoms in total. The molecule has 0 saturated heterocycles. The number of hydrogen-bond donors (Lipinski definition) is 0. The topological polar surface area (TPSA) is 69.7 Å². The van der Waals surface area contributed by atoms with Crippen LogP contribution in [0.2, 0.25) is 0 Å². The van der Waals surface area contributed by atoms with Crippen LogP contribution in [-0.2, 0) is 9.47 Å². The summed E-state index contributed by atoms with van der Waals surface area (Å²) in [7, 11) is 0. The molecule has 42 heavy (non-hydrogen) atoms. The molecule has 3 rings (SSSR count). The molecule has 3 atom stereocenters. The highest BCUT2D eigenvalue weighted by Crippen LogP contribution is 2.29. The molecule has 0 aliphatic carbocycles. The summed E-state index contributed by atoms with van der Waals surface area (Å²) in [5, 5.41) is 0. The van der Waals surface area contributed by atoms with Crippen LogP contribution in [0.4, 0.5) is 0 Å². The molecule has 3 unspecified atom stereocenters. The van der Waals surface area contributed by atoms with Crippen molar-refractivity contribution in [1.82, 2.24) is 0 Å². The predicted octanol–water partition coefficient (Wildman–Crippen LogP) is 9.06. The Kier molecular flexibility index (Phi) is 13.5. The molecule has 0 saturated carbocycles. The van der Waals surface area contributed by atoms with Crippen molar-refractivity contribution in [2.45, 2.75) is 78.6 Å². The molecular formula is C37H46O5. The summed E-state index contributed by atoms with van der Waals surface area (Å²) in [6.45, 7) is 9.12. The molecule has 5 heteroatoms. The average molecular weight is 571 g/mol. The van der Waals surface area contributed by atoms with E-state index in [1.54, 1.807) is 30.3 Å². The molecular weight excluding hydrogens is 524 g/mol. The van der Waals surface area contributed by atoms with Crippen LogP contribution in [0.1, 0.15) is 121 Å². The molecule has 0 aliphatic heterocycles. The van der Waals surface area contributed by atoms with Crippen LogP contribution < -0.4 is 0 Å². The first-order chi connectivity index (χ1) is 20.4. The van der Waals surface area contributed by atoms with E-state index in [1.807, 2.05) is 12.1 Å². The van der Waals surface area contributed by atoms with Gasteiger partial charge >= 0.3 is 11.9 Å². The van der Waals surface area contributed by atoms with Gasteiger partial charge in [0, 0.05) is 11.1 Å². The maximum atomic E-state index is 13.5. The van der Waals surface area contributed by atoms with Gasteiger partial charge in [-0.1, -0.05) is 114 Å². The first-order valence-electron chi connectivity index (χ1n) is 15.5. The quantitative estimate of drug-likeness (QED) is 0.120. The van der Waals surface area contributed by atoms with Crippen molar-refractivity contribution < 1.29 is 23.9 Å². The Labute approximate surface area is 251 Å². The molecule has 3 aromatic rings. The number of carbonyl (C=O) groups is 3. The highest BCUT2D eigenvalue weighted by atomic mass is 16.5. The third kappa shape index (κ3) is 9.40. The number of benzene rings is 3. The van der Waals surface area contributed by atoms with Gasteiger partial charge in [-0.2, -0.15) is 0 Å². The number of esters is 2. The lowest BCUT2D eigenvalue weighted by Gasteiger charge is -2.22. The van der Waals surface area contributed by atoms with Gasteiger partial charge in [-0.3, -0.25) is 4.79 Å². The molecule has 224 valence electrons. The van der Waals surface area contributed by atoms with Crippen LogP contribution in [-0.4, -0.2) is 30.9 Å². The second-order valence-corrected chi connectivity index (χ2v) is 11.1. The van der Waals surface area contributed by atoms with Crippen molar-refractivity contribution in [2.24, 2.45) is 11.8 Å². The molecule has 0 N–H and O–H groups in total. The minimum absolute atomic E-state index is 0.143. The van der Waals surface area contributed by atoms with Crippen molar-refractivity contribution in [1.29, 1.82) is 0 Å². The Balaban J connectivity index is 1.77. The highest BCUT2D eigenvalue weighted by molar-refractivity contribution is 6.15. The van der Waals surface area contributed by atoms with E-state index in [4.69, 9.17) is 9.47 Å². The monoisotopic (exact) mass is 570 g/mol. The van der Waals surface area contributed by atoms with Gasteiger partial charge in [-0.25, -0.2) is 9.59 Å². The Bertz CT molecular complexity index is 1270. The third-order valence-corrected chi connectivity index (χ3v) is 8.16. The zero-order valence-corrected chi connectivity index (χ0v) is 25.6. The summed E-state index contributed by atoms with van der Waals surface area (Å²) in [6, 6.07) is 23.7. The maximum Gasteiger partial charge on any atom is 0.338 e. The van der Waals surface area contributed by atoms with Gasteiger partial charge in [0.1, 0.15) is 0 Å². The molecule has 3 aromatic carbocycles. The van der Waals surface area contributed by atoms with Crippen molar-refractivity contribution in [3.63, 3.8) is 0 Å². The van der Waals surface area contributed by atoms with Gasteiger partial charge in [0.15, 0.2) is 5.78 Å². The van der Waals surface area contributed by atoms with Crippen molar-refractivity contribution in [3.05, 3.63) is 107 Å². The van der Waals surface area contributed by atoms with Gasteiger partial charge < -0.3 is 9.47 Å². The zero-order valence-electron chi connectivity index (χ0n) is 25.6. The summed E-state index contributed by atoms with van der Waals surface area (Å²) in [5.74, 6) is -0.523. The van der Waals surface area contributed by atoms with E-state index in [0.717, 1.165) is 44.9 Å². The van der Waals surface area contributed by atoms with E-state index in [9.17, 15) is 14.4 Å². The molecule has 0 spiro atoms. The molecule has 0 bridgehead atoms. The minimum atomic E-state index is -0.554. The standard InChI is InChI=1S/C37H46O5/c1-5-9-16-27(6-2)25-42-37(40)33-22-21-32(24-34(33)35(38)31-19-14-11-15-20-31)36(39)41-26-28(7-3)23-29(8-4)30-17-12-10-13-18-30/h10-15,17-22,24,27-29H,5-9,16,23,25-26H2,1-4H3. The average Bonchev–Trinajstić information content (AvgIpc) is 3.04. The van der Waals surface area contributed by atoms with E-state index < -0.39 is 11.9 Å². The smallest absolute Gasteiger partial charge is 0.338 e. The number of rotatable bonds is 17. The van der Waals surface area contributed by atoms with Gasteiger partial charge in [0.05, 0.1) is 24.3 Å². The van der Waals surface area contributed by atoms with Crippen LogP contribution in [0, 0.1) is 11.8 Å². The van der Waals surface area contributed by atoms with Crippen LogP contribution in [0.25, 0.3) is 0 Å². The Morgan fingerprint density at radius 3 is 1.88 bits per heavy atom. The van der Waals surface area contributed by atoms with E-state index in [2.05, 4.69) is 52.0 Å². The maximum absolute atomic E-state index is 13.5. The van der Waals surface area contributed by atoms with E-state index in [0.29, 0.717) is 24.7 Å². The van der Waals surface area contributed by atoms with Gasteiger partial charge in [-0.05, 0) is 60.8 Å². The fourth-order valence-electron chi connectivity index (χ4n) is 5.25.